The number of nitrogens with zero attached hydrogens (tertiary/aromatic N) is 2. The van der Waals surface area contributed by atoms with Crippen LogP contribution in [0.5, 0.6) is 11.5 Å². The number of nitrogens with one attached hydrogen (secondary N) is 2. The first-order chi connectivity index (χ1) is 13.6. The van der Waals surface area contributed by atoms with Crippen LogP contribution in [0.2, 0.25) is 0 Å². The van der Waals surface area contributed by atoms with Gasteiger partial charge in [0.1, 0.15) is 11.5 Å². The van der Waals surface area contributed by atoms with Crippen molar-refractivity contribution in [1.29, 1.82) is 0 Å². The van der Waals surface area contributed by atoms with Gasteiger partial charge in [0.15, 0.2) is 5.96 Å². The predicted octanol–water partition coefficient (Wildman–Crippen LogP) is 3.06. The van der Waals surface area contributed by atoms with E-state index in [9.17, 15) is 0 Å². The molecule has 28 heavy (non-hydrogen) atoms. The molecule has 0 bridgehead atoms. The Bertz CT molecular complexity index is 727. The molecule has 0 amide bonds. The smallest absolute Gasteiger partial charge is 0.191 e. The van der Waals surface area contributed by atoms with E-state index >= 15 is 0 Å². The fourth-order valence-electron chi connectivity index (χ4n) is 2.86. The Hall–Kier alpha value is -2.73. The zero-order valence-electron chi connectivity index (χ0n) is 17.5. The zero-order valence-corrected chi connectivity index (χ0v) is 17.5. The summed E-state index contributed by atoms with van der Waals surface area (Å²) in [6.07, 6.45) is 0. The molecule has 0 saturated heterocycles. The average molecular weight is 385 g/mol. The monoisotopic (exact) mass is 384 g/mol. The van der Waals surface area contributed by atoms with Crippen LogP contribution in [0.25, 0.3) is 0 Å². The van der Waals surface area contributed by atoms with Gasteiger partial charge in [-0.2, -0.15) is 0 Å². The third-order valence-corrected chi connectivity index (χ3v) is 4.51. The van der Waals surface area contributed by atoms with Gasteiger partial charge in [-0.3, -0.25) is 0 Å². The molecular formula is C22H32N4O2. The van der Waals surface area contributed by atoms with Gasteiger partial charge in [0.25, 0.3) is 0 Å². The summed E-state index contributed by atoms with van der Waals surface area (Å²) in [5.41, 5.74) is 2.36. The minimum absolute atomic E-state index is 0.218. The summed E-state index contributed by atoms with van der Waals surface area (Å²) in [5.74, 6) is 2.52. The molecule has 152 valence electrons. The third kappa shape index (κ3) is 6.46. The van der Waals surface area contributed by atoms with E-state index in [-0.39, 0.29) is 6.04 Å². The summed E-state index contributed by atoms with van der Waals surface area (Å²) in [6.45, 7) is 4.23. The highest BCUT2D eigenvalue weighted by atomic mass is 16.5. The molecule has 2 N–H and O–H groups in total. The molecule has 2 aromatic carbocycles. The normalized spacial score (nSPS) is 12.6. The molecule has 0 fully saturated rings. The first kappa shape index (κ1) is 21.6. The lowest BCUT2D eigenvalue weighted by Gasteiger charge is -2.26. The maximum absolute atomic E-state index is 5.26. The minimum atomic E-state index is 0.218. The predicted molar refractivity (Wildman–Crippen MR) is 115 cm³/mol. The van der Waals surface area contributed by atoms with Crippen molar-refractivity contribution < 1.29 is 9.47 Å². The van der Waals surface area contributed by atoms with Gasteiger partial charge in [0, 0.05) is 13.1 Å². The van der Waals surface area contributed by atoms with Crippen LogP contribution in [-0.4, -0.2) is 52.3 Å². The maximum atomic E-state index is 5.26. The van der Waals surface area contributed by atoms with E-state index in [1.165, 1.54) is 5.56 Å². The van der Waals surface area contributed by atoms with Crippen LogP contribution in [0, 0.1) is 0 Å². The fourth-order valence-corrected chi connectivity index (χ4v) is 2.86. The molecule has 2 aromatic rings. The number of rotatable bonds is 9. The van der Waals surface area contributed by atoms with E-state index in [4.69, 9.17) is 14.5 Å². The lowest BCUT2D eigenvalue weighted by Crippen LogP contribution is -2.41. The highest BCUT2D eigenvalue weighted by Crippen LogP contribution is 2.20. The van der Waals surface area contributed by atoms with E-state index in [1.54, 1.807) is 14.2 Å². The fraction of sp³-hybridized carbons (Fsp3) is 0.409. The van der Waals surface area contributed by atoms with Crippen molar-refractivity contribution >= 4 is 5.96 Å². The number of ether oxygens (including phenoxy) is 2. The first-order valence-electron chi connectivity index (χ1n) is 9.52. The highest BCUT2D eigenvalue weighted by Gasteiger charge is 2.14. The van der Waals surface area contributed by atoms with Gasteiger partial charge in [0.2, 0.25) is 0 Å². The highest BCUT2D eigenvalue weighted by molar-refractivity contribution is 5.79. The van der Waals surface area contributed by atoms with E-state index in [2.05, 4.69) is 48.7 Å². The molecule has 1 unspecified atom stereocenters. The van der Waals surface area contributed by atoms with E-state index in [0.29, 0.717) is 6.54 Å². The Labute approximate surface area is 168 Å². The van der Waals surface area contributed by atoms with Gasteiger partial charge in [-0.1, -0.05) is 24.3 Å². The van der Waals surface area contributed by atoms with E-state index < -0.39 is 0 Å². The Morgan fingerprint density at radius 3 is 2.00 bits per heavy atom. The molecule has 0 aliphatic carbocycles. The molecule has 0 saturated carbocycles. The molecule has 2 rings (SSSR count). The van der Waals surface area contributed by atoms with E-state index in [0.717, 1.165) is 36.1 Å². The standard InChI is InChI=1S/C22H32N4O2/c1-6-23-22(24-15-17-7-11-19(27-4)12-8-17)25-16-21(26(2)3)18-9-13-20(28-5)14-10-18/h7-14,21H,6,15-16H2,1-5H3,(H2,23,24,25). The Balaban J connectivity index is 2.03. The molecule has 0 aliphatic rings. The van der Waals surface area contributed by atoms with Gasteiger partial charge in [0.05, 0.1) is 26.8 Å². The summed E-state index contributed by atoms with van der Waals surface area (Å²) in [4.78, 5) is 6.90. The Morgan fingerprint density at radius 1 is 0.929 bits per heavy atom. The topological polar surface area (TPSA) is 58.1 Å². The second kappa shape index (κ2) is 11.2. The van der Waals surface area contributed by atoms with Crippen molar-refractivity contribution in [1.82, 2.24) is 15.5 Å². The second-order valence-corrected chi connectivity index (χ2v) is 6.68. The molecule has 0 spiro atoms. The average Bonchev–Trinajstić information content (AvgIpc) is 2.72. The largest absolute Gasteiger partial charge is 0.497 e. The number of hydrogen-bond donors (Lipinski definition) is 2. The summed E-state index contributed by atoms with van der Waals surface area (Å²) in [5, 5.41) is 6.78. The van der Waals surface area contributed by atoms with Crippen LogP contribution in [0.15, 0.2) is 53.5 Å². The van der Waals surface area contributed by atoms with Crippen LogP contribution in [0.4, 0.5) is 0 Å². The second-order valence-electron chi connectivity index (χ2n) is 6.68. The molecule has 6 nitrogen and oxygen atoms in total. The lowest BCUT2D eigenvalue weighted by molar-refractivity contribution is 0.298. The van der Waals surface area contributed by atoms with Gasteiger partial charge in [-0.25, -0.2) is 4.99 Å². The summed E-state index contributed by atoms with van der Waals surface area (Å²) in [6, 6.07) is 16.4. The van der Waals surface area contributed by atoms with Gasteiger partial charge in [-0.05, 0) is 56.4 Å². The number of aliphatic imine (C=N–C) groups is 1. The van der Waals surface area contributed by atoms with E-state index in [1.807, 2.05) is 36.4 Å². The SMILES string of the molecule is CCNC(=NCc1ccc(OC)cc1)NCC(c1ccc(OC)cc1)N(C)C. The molecule has 0 aliphatic heterocycles. The number of methoxy groups -OCH3 is 2. The Morgan fingerprint density at radius 2 is 1.50 bits per heavy atom. The summed E-state index contributed by atoms with van der Waals surface area (Å²) in [7, 11) is 7.52. The quantitative estimate of drug-likeness (QED) is 0.514. The van der Waals surface area contributed by atoms with Crippen LogP contribution < -0.4 is 20.1 Å². The maximum Gasteiger partial charge on any atom is 0.191 e. The van der Waals surface area contributed by atoms with Gasteiger partial charge in [-0.15, -0.1) is 0 Å². The molecule has 0 radical (unpaired) electrons. The van der Waals surface area contributed by atoms with Crippen LogP contribution in [0.3, 0.4) is 0 Å². The van der Waals surface area contributed by atoms with Crippen LogP contribution in [-0.2, 0) is 6.54 Å². The van der Waals surface area contributed by atoms with Crippen LogP contribution >= 0.6 is 0 Å². The number of hydrogen-bond acceptors (Lipinski definition) is 4. The molecule has 0 heterocycles. The number of guanidine groups is 1. The zero-order chi connectivity index (χ0) is 20.4. The van der Waals surface area contributed by atoms with Crippen molar-refractivity contribution in [2.45, 2.75) is 19.5 Å². The lowest BCUT2D eigenvalue weighted by atomic mass is 10.1. The minimum Gasteiger partial charge on any atom is -0.497 e. The van der Waals surface area contributed by atoms with Crippen molar-refractivity contribution in [2.24, 2.45) is 4.99 Å². The van der Waals surface area contributed by atoms with Gasteiger partial charge >= 0.3 is 0 Å². The van der Waals surface area contributed by atoms with Crippen molar-refractivity contribution in [3.05, 3.63) is 59.7 Å². The molecule has 0 aromatic heterocycles. The first-order valence-corrected chi connectivity index (χ1v) is 9.52. The molecule has 1 atom stereocenters. The summed E-state index contributed by atoms with van der Waals surface area (Å²) < 4.78 is 10.5. The van der Waals surface area contributed by atoms with Crippen molar-refractivity contribution in [3.63, 3.8) is 0 Å². The van der Waals surface area contributed by atoms with Crippen molar-refractivity contribution in [3.8, 4) is 11.5 Å². The molecular weight excluding hydrogens is 352 g/mol. The van der Waals surface area contributed by atoms with Gasteiger partial charge < -0.3 is 25.0 Å². The number of likely N-dealkylation sites (N-methyl/N-ethyl adjacent to an activating group) is 1. The summed E-state index contributed by atoms with van der Waals surface area (Å²) >= 11 is 0. The van der Waals surface area contributed by atoms with Crippen LogP contribution in [0.1, 0.15) is 24.1 Å². The van der Waals surface area contributed by atoms with Crippen molar-refractivity contribution in [2.75, 3.05) is 41.4 Å². The third-order valence-electron chi connectivity index (χ3n) is 4.51. The molecule has 6 heteroatoms. The number of benzene rings is 2. The Kier molecular flexibility index (Phi) is 8.62.